The molecule has 0 aliphatic rings. The molecule has 0 aliphatic heterocycles. The van der Waals surface area contributed by atoms with Crippen LogP contribution < -0.4 is 10.6 Å². The molecule has 0 atom stereocenters. The normalized spacial score (nSPS) is 10.4. The van der Waals surface area contributed by atoms with Gasteiger partial charge in [-0.1, -0.05) is 12.1 Å². The summed E-state index contributed by atoms with van der Waals surface area (Å²) in [7, 11) is 1.73. The molecule has 0 aliphatic carbocycles. The fourth-order valence-corrected chi connectivity index (χ4v) is 1.89. The molecule has 0 unspecified atom stereocenters. The molecular formula is C14H14F2N2. The highest BCUT2D eigenvalue weighted by molar-refractivity contribution is 5.66. The number of benzene rings is 2. The first-order chi connectivity index (χ1) is 8.63. The molecule has 94 valence electrons. The fourth-order valence-electron chi connectivity index (χ4n) is 1.89. The molecule has 0 amide bonds. The number of rotatable bonds is 3. The van der Waals surface area contributed by atoms with E-state index in [1.807, 2.05) is 0 Å². The molecule has 0 bridgehead atoms. The second-order valence-corrected chi connectivity index (χ2v) is 3.99. The Bertz CT molecular complexity index is 538. The van der Waals surface area contributed by atoms with Crippen LogP contribution in [0.2, 0.25) is 0 Å². The van der Waals surface area contributed by atoms with Gasteiger partial charge in [-0.3, -0.25) is 0 Å². The van der Waals surface area contributed by atoms with Crippen molar-refractivity contribution < 1.29 is 8.78 Å². The van der Waals surface area contributed by atoms with Crippen molar-refractivity contribution in [1.29, 1.82) is 0 Å². The van der Waals surface area contributed by atoms with Crippen LogP contribution in [-0.2, 0) is 6.54 Å². The van der Waals surface area contributed by atoms with Crippen LogP contribution in [-0.4, -0.2) is 7.05 Å². The molecule has 0 saturated carbocycles. The van der Waals surface area contributed by atoms with Crippen LogP contribution in [0.25, 0.3) is 0 Å². The van der Waals surface area contributed by atoms with E-state index < -0.39 is 0 Å². The number of anilines is 2. The third-order valence-corrected chi connectivity index (χ3v) is 2.84. The Labute approximate surface area is 105 Å². The molecule has 18 heavy (non-hydrogen) atoms. The second kappa shape index (κ2) is 5.14. The molecule has 0 aromatic heterocycles. The lowest BCUT2D eigenvalue weighted by Crippen LogP contribution is -2.15. The van der Waals surface area contributed by atoms with E-state index >= 15 is 0 Å². The number of hydrogen-bond donors (Lipinski definition) is 1. The molecule has 0 fully saturated rings. The molecule has 2 nitrogen and oxygen atoms in total. The minimum atomic E-state index is -0.343. The maximum absolute atomic E-state index is 13.9. The summed E-state index contributed by atoms with van der Waals surface area (Å²) in [5.74, 6) is -0.662. The smallest absolute Gasteiger partial charge is 0.147 e. The quantitative estimate of drug-likeness (QED) is 0.903. The van der Waals surface area contributed by atoms with Gasteiger partial charge in [0, 0.05) is 19.3 Å². The molecule has 0 radical (unpaired) electrons. The van der Waals surface area contributed by atoms with Gasteiger partial charge >= 0.3 is 0 Å². The Kier molecular flexibility index (Phi) is 3.58. The zero-order valence-corrected chi connectivity index (χ0v) is 10.0. The van der Waals surface area contributed by atoms with Gasteiger partial charge < -0.3 is 10.6 Å². The Morgan fingerprint density at radius 3 is 2.33 bits per heavy atom. The van der Waals surface area contributed by atoms with Crippen LogP contribution in [0.4, 0.5) is 20.2 Å². The van der Waals surface area contributed by atoms with Crippen LogP contribution in [0.1, 0.15) is 5.56 Å². The molecule has 2 rings (SSSR count). The molecule has 2 aromatic rings. The first-order valence-corrected chi connectivity index (χ1v) is 5.60. The minimum absolute atomic E-state index is 0.249. The van der Waals surface area contributed by atoms with E-state index in [1.165, 1.54) is 18.2 Å². The highest BCUT2D eigenvalue weighted by Gasteiger charge is 2.13. The van der Waals surface area contributed by atoms with E-state index in [9.17, 15) is 8.78 Å². The Balaban J connectivity index is 2.45. The number of halogens is 2. The maximum Gasteiger partial charge on any atom is 0.147 e. The Hall–Kier alpha value is -1.94. The molecule has 0 saturated heterocycles. The summed E-state index contributed by atoms with van der Waals surface area (Å²) in [6.07, 6.45) is 0. The average Bonchev–Trinajstić information content (AvgIpc) is 2.38. The topological polar surface area (TPSA) is 29.3 Å². The van der Waals surface area contributed by atoms with Gasteiger partial charge in [0.05, 0.1) is 5.69 Å². The summed E-state index contributed by atoms with van der Waals surface area (Å²) in [5.41, 5.74) is 7.44. The van der Waals surface area contributed by atoms with E-state index in [4.69, 9.17) is 5.73 Å². The Morgan fingerprint density at radius 2 is 1.72 bits per heavy atom. The molecule has 2 N–H and O–H groups in total. The molecule has 4 heteroatoms. The minimum Gasteiger partial charge on any atom is -0.342 e. The van der Waals surface area contributed by atoms with Gasteiger partial charge in [-0.05, 0) is 35.9 Å². The zero-order chi connectivity index (χ0) is 13.1. The standard InChI is InChI=1S/C14H14F2N2/c1-18(12-7-5-11(15)6-8-12)14-10(9-17)3-2-4-13(14)16/h2-8H,9,17H2,1H3. The summed E-state index contributed by atoms with van der Waals surface area (Å²) in [4.78, 5) is 1.66. The van der Waals surface area contributed by atoms with Crippen LogP contribution >= 0.6 is 0 Å². The SMILES string of the molecule is CN(c1ccc(F)cc1)c1c(F)cccc1CN. The number of para-hydroxylation sites is 1. The van der Waals surface area contributed by atoms with E-state index in [2.05, 4.69) is 0 Å². The van der Waals surface area contributed by atoms with Crippen molar-refractivity contribution in [3.63, 3.8) is 0 Å². The fraction of sp³-hybridized carbons (Fsp3) is 0.143. The monoisotopic (exact) mass is 248 g/mol. The van der Waals surface area contributed by atoms with Crippen molar-refractivity contribution in [3.05, 3.63) is 59.7 Å². The van der Waals surface area contributed by atoms with Crippen LogP contribution in [0, 0.1) is 11.6 Å². The lowest BCUT2D eigenvalue weighted by molar-refractivity contribution is 0.624. The third kappa shape index (κ3) is 2.33. The third-order valence-electron chi connectivity index (χ3n) is 2.84. The van der Waals surface area contributed by atoms with Gasteiger partial charge in [0.1, 0.15) is 11.6 Å². The van der Waals surface area contributed by atoms with E-state index in [0.29, 0.717) is 16.9 Å². The van der Waals surface area contributed by atoms with Crippen molar-refractivity contribution in [1.82, 2.24) is 0 Å². The number of nitrogens with zero attached hydrogens (tertiary/aromatic N) is 1. The summed E-state index contributed by atoms with van der Waals surface area (Å²) in [6, 6.07) is 10.7. The summed E-state index contributed by atoms with van der Waals surface area (Å²) < 4.78 is 26.7. The van der Waals surface area contributed by atoms with Gasteiger partial charge in [0.15, 0.2) is 0 Å². The largest absolute Gasteiger partial charge is 0.342 e. The van der Waals surface area contributed by atoms with E-state index in [-0.39, 0.29) is 18.2 Å². The van der Waals surface area contributed by atoms with Gasteiger partial charge in [0.2, 0.25) is 0 Å². The Morgan fingerprint density at radius 1 is 1.06 bits per heavy atom. The highest BCUT2D eigenvalue weighted by Crippen LogP contribution is 2.29. The van der Waals surface area contributed by atoms with Gasteiger partial charge in [0.25, 0.3) is 0 Å². The highest BCUT2D eigenvalue weighted by atomic mass is 19.1. The van der Waals surface area contributed by atoms with Crippen LogP contribution in [0.3, 0.4) is 0 Å². The molecule has 0 heterocycles. The van der Waals surface area contributed by atoms with Gasteiger partial charge in [-0.25, -0.2) is 8.78 Å². The second-order valence-electron chi connectivity index (χ2n) is 3.99. The zero-order valence-electron chi connectivity index (χ0n) is 10.0. The van der Waals surface area contributed by atoms with Crippen LogP contribution in [0.15, 0.2) is 42.5 Å². The summed E-state index contributed by atoms with van der Waals surface area (Å²) in [6.45, 7) is 0.249. The predicted octanol–water partition coefficient (Wildman–Crippen LogP) is 3.19. The molecular weight excluding hydrogens is 234 g/mol. The number of nitrogens with two attached hydrogens (primary N) is 1. The van der Waals surface area contributed by atoms with Crippen LogP contribution in [0.5, 0.6) is 0 Å². The lowest BCUT2D eigenvalue weighted by Gasteiger charge is -2.22. The van der Waals surface area contributed by atoms with Gasteiger partial charge in [-0.15, -0.1) is 0 Å². The molecule has 2 aromatic carbocycles. The van der Waals surface area contributed by atoms with Crippen molar-refractivity contribution in [2.45, 2.75) is 6.54 Å². The summed E-state index contributed by atoms with van der Waals surface area (Å²) >= 11 is 0. The summed E-state index contributed by atoms with van der Waals surface area (Å²) in [5, 5.41) is 0. The van der Waals surface area contributed by atoms with Crippen molar-refractivity contribution in [2.75, 3.05) is 11.9 Å². The van der Waals surface area contributed by atoms with Crippen molar-refractivity contribution in [3.8, 4) is 0 Å². The first-order valence-electron chi connectivity index (χ1n) is 5.60. The average molecular weight is 248 g/mol. The van der Waals surface area contributed by atoms with Gasteiger partial charge in [-0.2, -0.15) is 0 Å². The maximum atomic E-state index is 13.9. The van der Waals surface area contributed by atoms with Crippen molar-refractivity contribution in [2.24, 2.45) is 5.73 Å². The lowest BCUT2D eigenvalue weighted by atomic mass is 10.1. The van der Waals surface area contributed by atoms with Crippen molar-refractivity contribution >= 4 is 11.4 Å². The number of hydrogen-bond acceptors (Lipinski definition) is 2. The first kappa shape index (κ1) is 12.5. The molecule has 0 spiro atoms. The predicted molar refractivity (Wildman–Crippen MR) is 68.8 cm³/mol. The van der Waals surface area contributed by atoms with E-state index in [1.54, 1.807) is 36.2 Å². The van der Waals surface area contributed by atoms with E-state index in [0.717, 1.165) is 0 Å².